The third kappa shape index (κ3) is 12.6. The average molecular weight is 259 g/mol. The SMILES string of the molecule is CC(C)CCC[C@@H](C)CCC[C@@H](C)CCCS. The summed E-state index contributed by atoms with van der Waals surface area (Å²) in [5.41, 5.74) is 0. The molecule has 0 aliphatic heterocycles. The Morgan fingerprint density at radius 3 is 1.47 bits per heavy atom. The van der Waals surface area contributed by atoms with E-state index < -0.39 is 0 Å². The van der Waals surface area contributed by atoms with Crippen molar-refractivity contribution in [3.05, 3.63) is 0 Å². The molecule has 17 heavy (non-hydrogen) atoms. The van der Waals surface area contributed by atoms with Crippen LogP contribution in [0.25, 0.3) is 0 Å². The minimum Gasteiger partial charge on any atom is -0.179 e. The van der Waals surface area contributed by atoms with Gasteiger partial charge in [0.15, 0.2) is 0 Å². The summed E-state index contributed by atoms with van der Waals surface area (Å²) < 4.78 is 0. The van der Waals surface area contributed by atoms with Crippen molar-refractivity contribution >= 4 is 12.6 Å². The van der Waals surface area contributed by atoms with E-state index in [1.165, 1.54) is 51.4 Å². The van der Waals surface area contributed by atoms with Crippen LogP contribution in [0.5, 0.6) is 0 Å². The van der Waals surface area contributed by atoms with Crippen LogP contribution in [0, 0.1) is 17.8 Å². The van der Waals surface area contributed by atoms with Crippen molar-refractivity contribution in [2.45, 2.75) is 79.1 Å². The minimum absolute atomic E-state index is 0.878. The Kier molecular flexibility index (Phi) is 11.7. The molecule has 0 aliphatic carbocycles. The average Bonchev–Trinajstić information content (AvgIpc) is 2.25. The van der Waals surface area contributed by atoms with Gasteiger partial charge in [-0.2, -0.15) is 12.6 Å². The third-order valence-electron chi connectivity index (χ3n) is 3.73. The molecule has 0 aromatic heterocycles. The zero-order valence-electron chi connectivity index (χ0n) is 12.5. The van der Waals surface area contributed by atoms with Gasteiger partial charge in [0, 0.05) is 0 Å². The summed E-state index contributed by atoms with van der Waals surface area (Å²) in [6.45, 7) is 9.48. The molecule has 2 atom stereocenters. The van der Waals surface area contributed by atoms with Gasteiger partial charge in [0.2, 0.25) is 0 Å². The molecule has 0 N–H and O–H groups in total. The van der Waals surface area contributed by atoms with E-state index in [1.807, 2.05) is 0 Å². The molecule has 0 saturated heterocycles. The zero-order chi connectivity index (χ0) is 13.1. The van der Waals surface area contributed by atoms with Gasteiger partial charge in [-0.1, -0.05) is 66.2 Å². The lowest BCUT2D eigenvalue weighted by Gasteiger charge is -2.14. The largest absolute Gasteiger partial charge is 0.179 e. The maximum absolute atomic E-state index is 4.27. The van der Waals surface area contributed by atoms with Crippen molar-refractivity contribution in [1.29, 1.82) is 0 Å². The highest BCUT2D eigenvalue weighted by molar-refractivity contribution is 7.80. The molecule has 0 bridgehead atoms. The van der Waals surface area contributed by atoms with Crippen molar-refractivity contribution < 1.29 is 0 Å². The molecule has 0 aromatic rings. The van der Waals surface area contributed by atoms with Crippen molar-refractivity contribution in [2.75, 3.05) is 5.75 Å². The van der Waals surface area contributed by atoms with Gasteiger partial charge in [-0.25, -0.2) is 0 Å². The van der Waals surface area contributed by atoms with Crippen LogP contribution < -0.4 is 0 Å². The summed E-state index contributed by atoms with van der Waals surface area (Å²) in [6.07, 6.45) is 11.2. The van der Waals surface area contributed by atoms with Crippen LogP contribution in [0.1, 0.15) is 79.1 Å². The Balaban J connectivity index is 3.34. The standard InChI is InChI=1S/C16H34S/c1-14(2)8-5-9-15(3)10-6-11-16(4)12-7-13-17/h14-17H,5-13H2,1-4H3/t15-,16-/m1/s1. The van der Waals surface area contributed by atoms with Crippen LogP contribution in [0.3, 0.4) is 0 Å². The number of thiol groups is 1. The molecule has 1 heteroatoms. The van der Waals surface area contributed by atoms with Gasteiger partial charge in [-0.3, -0.25) is 0 Å². The highest BCUT2D eigenvalue weighted by Crippen LogP contribution is 2.20. The quantitative estimate of drug-likeness (QED) is 0.434. The second-order valence-corrected chi connectivity index (χ2v) is 6.78. The summed E-state index contributed by atoms with van der Waals surface area (Å²) in [5.74, 6) is 3.77. The normalized spacial score (nSPS) is 15.2. The molecule has 0 aromatic carbocycles. The highest BCUT2D eigenvalue weighted by atomic mass is 32.1. The molecule has 0 radical (unpaired) electrons. The van der Waals surface area contributed by atoms with Gasteiger partial charge in [0.25, 0.3) is 0 Å². The first-order chi connectivity index (χ1) is 8.06. The molecule has 0 spiro atoms. The maximum Gasteiger partial charge on any atom is -0.00978 e. The molecule has 0 nitrogen and oxygen atoms in total. The predicted octanol–water partition coefficient (Wildman–Crippen LogP) is 5.97. The van der Waals surface area contributed by atoms with Crippen molar-refractivity contribution in [1.82, 2.24) is 0 Å². The lowest BCUT2D eigenvalue weighted by molar-refractivity contribution is 0.392. The Morgan fingerprint density at radius 1 is 0.647 bits per heavy atom. The Bertz CT molecular complexity index is 154. The second kappa shape index (κ2) is 11.4. The monoisotopic (exact) mass is 258 g/mol. The van der Waals surface area contributed by atoms with Gasteiger partial charge in [-0.05, 0) is 36.3 Å². The van der Waals surface area contributed by atoms with Crippen LogP contribution >= 0.6 is 12.6 Å². The first-order valence-corrected chi connectivity index (χ1v) is 8.30. The Hall–Kier alpha value is 0.350. The van der Waals surface area contributed by atoms with Gasteiger partial charge >= 0.3 is 0 Å². The van der Waals surface area contributed by atoms with Crippen LogP contribution in [0.2, 0.25) is 0 Å². The lowest BCUT2D eigenvalue weighted by atomic mass is 9.92. The second-order valence-electron chi connectivity index (χ2n) is 6.33. The van der Waals surface area contributed by atoms with Crippen molar-refractivity contribution in [2.24, 2.45) is 17.8 Å². The fourth-order valence-electron chi connectivity index (χ4n) is 2.42. The summed E-state index contributed by atoms with van der Waals surface area (Å²) in [7, 11) is 0. The van der Waals surface area contributed by atoms with Crippen LogP contribution in [0.15, 0.2) is 0 Å². The van der Waals surface area contributed by atoms with Crippen LogP contribution in [-0.2, 0) is 0 Å². The first-order valence-electron chi connectivity index (χ1n) is 7.67. The van der Waals surface area contributed by atoms with Crippen LogP contribution in [0.4, 0.5) is 0 Å². The smallest absolute Gasteiger partial charge is 0.00978 e. The summed E-state index contributed by atoms with van der Waals surface area (Å²) in [6, 6.07) is 0. The summed E-state index contributed by atoms with van der Waals surface area (Å²) in [4.78, 5) is 0. The van der Waals surface area contributed by atoms with E-state index in [0.29, 0.717) is 0 Å². The molecule has 0 fully saturated rings. The van der Waals surface area contributed by atoms with Gasteiger partial charge in [-0.15, -0.1) is 0 Å². The summed E-state index contributed by atoms with van der Waals surface area (Å²) in [5, 5.41) is 0. The fraction of sp³-hybridized carbons (Fsp3) is 1.00. The lowest BCUT2D eigenvalue weighted by Crippen LogP contribution is -2.00. The Labute approximate surface area is 115 Å². The van der Waals surface area contributed by atoms with Crippen LogP contribution in [-0.4, -0.2) is 5.75 Å². The molecular formula is C16H34S. The zero-order valence-corrected chi connectivity index (χ0v) is 13.4. The third-order valence-corrected chi connectivity index (χ3v) is 4.04. The predicted molar refractivity (Wildman–Crippen MR) is 84.0 cm³/mol. The van der Waals surface area contributed by atoms with E-state index in [0.717, 1.165) is 23.5 Å². The number of hydrogen-bond donors (Lipinski definition) is 1. The number of hydrogen-bond acceptors (Lipinski definition) is 1. The molecule has 104 valence electrons. The molecule has 0 saturated carbocycles. The van der Waals surface area contributed by atoms with E-state index in [-0.39, 0.29) is 0 Å². The van der Waals surface area contributed by atoms with E-state index in [9.17, 15) is 0 Å². The minimum atomic E-state index is 0.878. The molecular weight excluding hydrogens is 224 g/mol. The number of rotatable bonds is 11. The molecule has 0 rings (SSSR count). The fourth-order valence-corrected chi connectivity index (χ4v) is 2.60. The maximum atomic E-state index is 4.27. The van der Waals surface area contributed by atoms with E-state index in [4.69, 9.17) is 0 Å². The van der Waals surface area contributed by atoms with E-state index in [1.54, 1.807) is 0 Å². The van der Waals surface area contributed by atoms with Gasteiger partial charge < -0.3 is 0 Å². The molecule has 0 aliphatic rings. The molecule has 0 amide bonds. The molecule has 0 unspecified atom stereocenters. The van der Waals surface area contributed by atoms with E-state index >= 15 is 0 Å². The molecule has 0 heterocycles. The van der Waals surface area contributed by atoms with Crippen molar-refractivity contribution in [3.63, 3.8) is 0 Å². The highest BCUT2D eigenvalue weighted by Gasteiger charge is 2.06. The van der Waals surface area contributed by atoms with Gasteiger partial charge in [0.1, 0.15) is 0 Å². The first kappa shape index (κ1) is 17.4. The van der Waals surface area contributed by atoms with Crippen molar-refractivity contribution in [3.8, 4) is 0 Å². The Morgan fingerprint density at radius 2 is 1.06 bits per heavy atom. The summed E-state index contributed by atoms with van der Waals surface area (Å²) >= 11 is 4.27. The van der Waals surface area contributed by atoms with E-state index in [2.05, 4.69) is 40.3 Å². The van der Waals surface area contributed by atoms with Gasteiger partial charge in [0.05, 0.1) is 0 Å². The topological polar surface area (TPSA) is 0 Å².